The highest BCUT2D eigenvalue weighted by atomic mass is 35.5. The number of nitrogens with one attached hydrogen (secondary N) is 1. The molecule has 7 heteroatoms. The molecule has 0 spiro atoms. The van der Waals surface area contributed by atoms with E-state index in [1.165, 1.54) is 0 Å². The molecular weight excluding hydrogens is 292 g/mol. The first-order valence-corrected chi connectivity index (χ1v) is 6.95. The molecule has 1 unspecified atom stereocenters. The molecule has 0 amide bonds. The fourth-order valence-electron chi connectivity index (χ4n) is 1.76. The molecule has 1 atom stereocenters. The van der Waals surface area contributed by atoms with Gasteiger partial charge in [0.05, 0.1) is 19.8 Å². The Balaban J connectivity index is 2.12. The molecule has 1 N–H and O–H groups in total. The molecule has 0 aliphatic rings. The second-order valence-electron chi connectivity index (χ2n) is 4.28. The maximum atomic E-state index is 5.86. The Hall–Kier alpha value is -2.08. The van der Waals surface area contributed by atoms with Gasteiger partial charge in [0.2, 0.25) is 11.2 Å². The van der Waals surface area contributed by atoms with E-state index in [-0.39, 0.29) is 17.3 Å². The monoisotopic (exact) mass is 308 g/mol. The van der Waals surface area contributed by atoms with Gasteiger partial charge in [-0.2, -0.15) is 15.0 Å². The van der Waals surface area contributed by atoms with Crippen molar-refractivity contribution in [2.45, 2.75) is 19.9 Å². The molecule has 112 valence electrons. The molecule has 0 aliphatic carbocycles. The molecule has 0 saturated heterocycles. The Morgan fingerprint density at radius 3 is 2.52 bits per heavy atom. The fraction of sp³-hybridized carbons (Fsp3) is 0.357. The van der Waals surface area contributed by atoms with Gasteiger partial charge in [0.25, 0.3) is 0 Å². The summed E-state index contributed by atoms with van der Waals surface area (Å²) >= 11 is 5.86. The smallest absolute Gasteiger partial charge is 0.322 e. The van der Waals surface area contributed by atoms with Gasteiger partial charge in [0, 0.05) is 0 Å². The van der Waals surface area contributed by atoms with Crippen molar-refractivity contribution >= 4 is 17.5 Å². The van der Waals surface area contributed by atoms with Gasteiger partial charge >= 0.3 is 6.01 Å². The van der Waals surface area contributed by atoms with Crippen molar-refractivity contribution in [1.82, 2.24) is 15.0 Å². The fourth-order valence-corrected chi connectivity index (χ4v) is 1.91. The molecule has 0 aliphatic heterocycles. The summed E-state index contributed by atoms with van der Waals surface area (Å²) in [6, 6.07) is 7.97. The highest BCUT2D eigenvalue weighted by Crippen LogP contribution is 2.21. The lowest BCUT2D eigenvalue weighted by Gasteiger charge is -2.15. The van der Waals surface area contributed by atoms with Gasteiger partial charge in [-0.15, -0.1) is 0 Å². The van der Waals surface area contributed by atoms with Crippen LogP contribution in [0.3, 0.4) is 0 Å². The Labute approximate surface area is 128 Å². The van der Waals surface area contributed by atoms with Crippen molar-refractivity contribution in [1.29, 1.82) is 0 Å². The normalized spacial score (nSPS) is 11.8. The molecule has 1 aromatic carbocycles. The zero-order valence-electron chi connectivity index (χ0n) is 12.1. The Morgan fingerprint density at radius 2 is 1.90 bits per heavy atom. The summed E-state index contributed by atoms with van der Waals surface area (Å²) in [5.74, 6) is 1.19. The topological polar surface area (TPSA) is 69.2 Å². The maximum absolute atomic E-state index is 5.86. The minimum absolute atomic E-state index is 0.00356. The molecule has 0 saturated carbocycles. The summed E-state index contributed by atoms with van der Waals surface area (Å²) in [5.41, 5.74) is 1.07. The molecule has 0 radical (unpaired) electrons. The quantitative estimate of drug-likeness (QED) is 0.884. The van der Waals surface area contributed by atoms with Gasteiger partial charge in [-0.3, -0.25) is 0 Å². The minimum Gasteiger partial charge on any atom is -0.497 e. The number of benzene rings is 1. The molecule has 2 rings (SSSR count). The van der Waals surface area contributed by atoms with Gasteiger partial charge in [0.15, 0.2) is 0 Å². The van der Waals surface area contributed by atoms with Crippen LogP contribution < -0.4 is 14.8 Å². The van der Waals surface area contributed by atoms with E-state index in [0.29, 0.717) is 12.6 Å². The van der Waals surface area contributed by atoms with Crippen LogP contribution in [0.5, 0.6) is 11.8 Å². The number of hydrogen-bond acceptors (Lipinski definition) is 6. The third kappa shape index (κ3) is 4.19. The van der Waals surface area contributed by atoms with E-state index in [4.69, 9.17) is 21.1 Å². The third-order valence-electron chi connectivity index (χ3n) is 2.82. The summed E-state index contributed by atoms with van der Waals surface area (Å²) in [7, 11) is 1.64. The van der Waals surface area contributed by atoms with E-state index < -0.39 is 0 Å². The van der Waals surface area contributed by atoms with Crippen molar-refractivity contribution in [3.05, 3.63) is 35.1 Å². The summed E-state index contributed by atoms with van der Waals surface area (Å²) in [5, 5.41) is 3.26. The highest BCUT2D eigenvalue weighted by molar-refractivity contribution is 6.28. The molecular formula is C14H17ClN4O2. The maximum Gasteiger partial charge on any atom is 0.322 e. The Kier molecular flexibility index (Phi) is 5.16. The first-order valence-electron chi connectivity index (χ1n) is 6.57. The van der Waals surface area contributed by atoms with Gasteiger partial charge in [-0.05, 0) is 43.1 Å². The van der Waals surface area contributed by atoms with E-state index in [0.717, 1.165) is 11.3 Å². The first-order chi connectivity index (χ1) is 10.1. The van der Waals surface area contributed by atoms with Crippen LogP contribution in [0.2, 0.25) is 5.28 Å². The summed E-state index contributed by atoms with van der Waals surface area (Å²) < 4.78 is 10.4. The molecule has 1 aromatic heterocycles. The van der Waals surface area contributed by atoms with Crippen LogP contribution in [0.15, 0.2) is 24.3 Å². The minimum atomic E-state index is 0.00356. The van der Waals surface area contributed by atoms with Crippen molar-refractivity contribution < 1.29 is 9.47 Å². The molecule has 6 nitrogen and oxygen atoms in total. The number of halogens is 1. The lowest BCUT2D eigenvalue weighted by molar-refractivity contribution is 0.312. The lowest BCUT2D eigenvalue weighted by atomic mass is 10.1. The van der Waals surface area contributed by atoms with Crippen LogP contribution in [-0.2, 0) is 0 Å². The predicted molar refractivity (Wildman–Crippen MR) is 81.0 cm³/mol. The summed E-state index contributed by atoms with van der Waals surface area (Å²) in [4.78, 5) is 12.1. The number of aromatic nitrogens is 3. The van der Waals surface area contributed by atoms with Crippen LogP contribution in [0.1, 0.15) is 25.5 Å². The lowest BCUT2D eigenvalue weighted by Crippen LogP contribution is -2.11. The summed E-state index contributed by atoms with van der Waals surface area (Å²) in [6.07, 6.45) is 0. The molecule has 1 heterocycles. The van der Waals surface area contributed by atoms with Crippen LogP contribution in [0, 0.1) is 0 Å². The zero-order chi connectivity index (χ0) is 15.2. The van der Waals surface area contributed by atoms with Crippen LogP contribution in [0.4, 0.5) is 5.95 Å². The second-order valence-corrected chi connectivity index (χ2v) is 4.62. The number of anilines is 1. The molecule has 21 heavy (non-hydrogen) atoms. The highest BCUT2D eigenvalue weighted by Gasteiger charge is 2.10. The zero-order valence-corrected chi connectivity index (χ0v) is 12.9. The van der Waals surface area contributed by atoms with E-state index in [9.17, 15) is 0 Å². The number of methoxy groups -OCH3 is 1. The number of hydrogen-bond donors (Lipinski definition) is 1. The Morgan fingerprint density at radius 1 is 1.19 bits per heavy atom. The van der Waals surface area contributed by atoms with Crippen molar-refractivity contribution in [3.8, 4) is 11.8 Å². The summed E-state index contributed by atoms with van der Waals surface area (Å²) in [6.45, 7) is 4.32. The van der Waals surface area contributed by atoms with E-state index in [2.05, 4.69) is 20.3 Å². The Bertz CT molecular complexity index is 592. The molecule has 0 bridgehead atoms. The van der Waals surface area contributed by atoms with E-state index in [1.54, 1.807) is 7.11 Å². The van der Waals surface area contributed by atoms with Gasteiger partial charge in [0.1, 0.15) is 5.75 Å². The van der Waals surface area contributed by atoms with E-state index in [1.807, 2.05) is 38.1 Å². The van der Waals surface area contributed by atoms with Crippen LogP contribution >= 0.6 is 11.6 Å². The SMILES string of the molecule is CCOc1nc(Cl)nc(NC(C)c2ccc(OC)cc2)n1. The van der Waals surface area contributed by atoms with Crippen LogP contribution in [-0.4, -0.2) is 28.7 Å². The average molecular weight is 309 g/mol. The first kappa shape index (κ1) is 15.3. The average Bonchev–Trinajstić information content (AvgIpc) is 2.47. The predicted octanol–water partition coefficient (Wildman–Crippen LogP) is 3.11. The standard InChI is InChI=1S/C14H17ClN4O2/c1-4-21-14-18-12(15)17-13(19-14)16-9(2)10-5-7-11(20-3)8-6-10/h5-9H,4H2,1-3H3,(H,16,17,18,19). The molecule has 0 fully saturated rings. The molecule has 2 aromatic rings. The van der Waals surface area contributed by atoms with Gasteiger partial charge in [-0.25, -0.2) is 0 Å². The number of nitrogens with zero attached hydrogens (tertiary/aromatic N) is 3. The van der Waals surface area contributed by atoms with Crippen molar-refractivity contribution in [2.75, 3.05) is 19.0 Å². The largest absolute Gasteiger partial charge is 0.497 e. The third-order valence-corrected chi connectivity index (χ3v) is 2.99. The van der Waals surface area contributed by atoms with E-state index >= 15 is 0 Å². The number of ether oxygens (including phenoxy) is 2. The number of rotatable bonds is 6. The van der Waals surface area contributed by atoms with Crippen molar-refractivity contribution in [2.24, 2.45) is 0 Å². The van der Waals surface area contributed by atoms with Gasteiger partial charge in [-0.1, -0.05) is 12.1 Å². The van der Waals surface area contributed by atoms with Gasteiger partial charge < -0.3 is 14.8 Å². The second kappa shape index (κ2) is 7.08. The van der Waals surface area contributed by atoms with Crippen LogP contribution in [0.25, 0.3) is 0 Å². The van der Waals surface area contributed by atoms with Crippen molar-refractivity contribution in [3.63, 3.8) is 0 Å².